The summed E-state index contributed by atoms with van der Waals surface area (Å²) in [6.07, 6.45) is -4.64. The van der Waals surface area contributed by atoms with Gasteiger partial charge >= 0.3 is 12.3 Å². The molecule has 2 saturated carbocycles. The number of hydrogen-bond acceptors (Lipinski definition) is 3. The Balaban J connectivity index is 1.52. The molecule has 3 rings (SSSR count). The monoisotopic (exact) mass is 530 g/mol. The summed E-state index contributed by atoms with van der Waals surface area (Å²) in [5, 5.41) is 0. The lowest BCUT2D eigenvalue weighted by Crippen LogP contribution is -2.46. The smallest absolute Gasteiger partial charge is 0.424 e. The topological polar surface area (TPSA) is 27.7 Å². The summed E-state index contributed by atoms with van der Waals surface area (Å²) in [6.45, 7) is 0.305. The fraction of sp³-hybridized carbons (Fsp3) is 0.680. The van der Waals surface area contributed by atoms with Crippen LogP contribution < -0.4 is 4.74 Å². The first-order valence-corrected chi connectivity index (χ1v) is 12.0. The molecule has 3 nitrogen and oxygen atoms in total. The highest BCUT2D eigenvalue weighted by molar-refractivity contribution is 5.52. The van der Waals surface area contributed by atoms with E-state index in [4.69, 9.17) is 9.47 Å². The molecule has 1 atom stereocenters. The maximum Gasteiger partial charge on any atom is 0.439 e. The van der Waals surface area contributed by atoms with Gasteiger partial charge in [0.2, 0.25) is 0 Å². The van der Waals surface area contributed by atoms with Gasteiger partial charge in [-0.2, -0.15) is 22.0 Å². The van der Waals surface area contributed by atoms with Crippen LogP contribution in [0.2, 0.25) is 0 Å². The largest absolute Gasteiger partial charge is 0.439 e. The number of rotatable bonds is 9. The van der Waals surface area contributed by atoms with Crippen molar-refractivity contribution in [3.05, 3.63) is 35.4 Å². The van der Waals surface area contributed by atoms with Gasteiger partial charge in [0, 0.05) is 7.11 Å². The summed E-state index contributed by atoms with van der Waals surface area (Å²) in [5.41, 5.74) is -0.00945. The van der Waals surface area contributed by atoms with E-state index < -0.39 is 35.8 Å². The van der Waals surface area contributed by atoms with E-state index in [2.05, 4.69) is 4.74 Å². The van der Waals surface area contributed by atoms with Crippen LogP contribution in [0.4, 0.5) is 35.1 Å². The molecule has 2 aliphatic rings. The predicted octanol–water partition coefficient (Wildman–Crippen LogP) is 7.84. The summed E-state index contributed by atoms with van der Waals surface area (Å²) in [5.74, 6) is -3.65. The lowest BCUT2D eigenvalue weighted by atomic mass is 9.70. The number of halogens is 8. The lowest BCUT2D eigenvalue weighted by Gasteiger charge is -2.37. The van der Waals surface area contributed by atoms with Gasteiger partial charge in [-0.25, -0.2) is 13.2 Å². The van der Waals surface area contributed by atoms with Crippen LogP contribution in [0.15, 0.2) is 18.2 Å². The third kappa shape index (κ3) is 7.57. The fourth-order valence-electron chi connectivity index (χ4n) is 5.10. The molecule has 0 bridgehead atoms. The summed E-state index contributed by atoms with van der Waals surface area (Å²) >= 11 is 0. The molecule has 0 aliphatic heterocycles. The van der Waals surface area contributed by atoms with Gasteiger partial charge in [0.1, 0.15) is 6.79 Å². The molecule has 0 N–H and O–H groups in total. The van der Waals surface area contributed by atoms with E-state index in [9.17, 15) is 35.1 Å². The van der Waals surface area contributed by atoms with Crippen molar-refractivity contribution in [1.29, 1.82) is 0 Å². The molecule has 0 aromatic heterocycles. The first-order chi connectivity index (χ1) is 16.9. The number of ether oxygens (including phenoxy) is 3. The molecular weight excluding hydrogens is 500 g/mol. The Morgan fingerprint density at radius 2 is 1.42 bits per heavy atom. The zero-order valence-electron chi connectivity index (χ0n) is 19.8. The van der Waals surface area contributed by atoms with E-state index in [1.54, 1.807) is 13.2 Å². The molecule has 36 heavy (non-hydrogen) atoms. The van der Waals surface area contributed by atoms with Crippen molar-refractivity contribution in [3.63, 3.8) is 0 Å². The third-order valence-corrected chi connectivity index (χ3v) is 7.03. The summed E-state index contributed by atoms with van der Waals surface area (Å²) < 4.78 is 119. The van der Waals surface area contributed by atoms with Crippen LogP contribution in [-0.4, -0.2) is 38.5 Å². The van der Waals surface area contributed by atoms with Gasteiger partial charge in [-0.15, -0.1) is 0 Å². The molecule has 204 valence electrons. The lowest BCUT2D eigenvalue weighted by molar-refractivity contribution is -0.306. The fourth-order valence-corrected chi connectivity index (χ4v) is 5.10. The molecule has 2 fully saturated rings. The van der Waals surface area contributed by atoms with E-state index >= 15 is 0 Å². The summed E-state index contributed by atoms with van der Waals surface area (Å²) in [7, 11) is 1.60. The molecule has 0 radical (unpaired) electrons. The van der Waals surface area contributed by atoms with Gasteiger partial charge in [0.05, 0.1) is 6.10 Å². The number of allylic oxidation sites excluding steroid dienone is 1. The van der Waals surface area contributed by atoms with Crippen molar-refractivity contribution >= 4 is 6.08 Å². The minimum absolute atomic E-state index is 0.00945. The van der Waals surface area contributed by atoms with Crippen molar-refractivity contribution in [1.82, 2.24) is 0 Å². The van der Waals surface area contributed by atoms with Gasteiger partial charge in [-0.3, -0.25) is 0 Å². The van der Waals surface area contributed by atoms with Gasteiger partial charge in [0.25, 0.3) is 6.17 Å². The molecule has 1 aromatic carbocycles. The Morgan fingerprint density at radius 1 is 0.889 bits per heavy atom. The minimum atomic E-state index is -5.96. The Hall–Kier alpha value is -1.88. The van der Waals surface area contributed by atoms with Crippen LogP contribution in [0, 0.1) is 29.4 Å². The quantitative estimate of drug-likeness (QED) is 0.241. The van der Waals surface area contributed by atoms with Crippen molar-refractivity contribution in [3.8, 4) is 5.75 Å². The van der Waals surface area contributed by atoms with Crippen LogP contribution in [0.1, 0.15) is 56.9 Å². The molecule has 0 saturated heterocycles. The highest BCUT2D eigenvalue weighted by atomic mass is 19.4. The van der Waals surface area contributed by atoms with Crippen molar-refractivity contribution in [2.75, 3.05) is 13.9 Å². The van der Waals surface area contributed by atoms with Gasteiger partial charge in [-0.05, 0) is 86.8 Å². The maximum atomic E-state index is 14.2. The predicted molar refractivity (Wildman–Crippen MR) is 116 cm³/mol. The average Bonchev–Trinajstić information content (AvgIpc) is 2.83. The number of hydrogen-bond donors (Lipinski definition) is 0. The second kappa shape index (κ2) is 12.1. The number of alkyl halides is 6. The summed E-state index contributed by atoms with van der Waals surface area (Å²) in [4.78, 5) is 0. The Labute approximate surface area is 204 Å². The van der Waals surface area contributed by atoms with Crippen molar-refractivity contribution in [2.24, 2.45) is 17.8 Å². The van der Waals surface area contributed by atoms with Crippen molar-refractivity contribution < 1.29 is 49.3 Å². The first-order valence-electron chi connectivity index (χ1n) is 12.0. The highest BCUT2D eigenvalue weighted by Crippen LogP contribution is 2.41. The van der Waals surface area contributed by atoms with E-state index in [0.29, 0.717) is 30.8 Å². The molecule has 1 unspecified atom stereocenters. The SMILES string of the molecule is COCOC1CCC(C2CCC(/C=C/c3cc(F)c(OC(F)(F)C(F)C(F)(F)F)c(F)c3)CC2)CC1. The number of benzene rings is 1. The van der Waals surface area contributed by atoms with Crippen LogP contribution in [0.3, 0.4) is 0 Å². The Kier molecular flexibility index (Phi) is 9.65. The maximum absolute atomic E-state index is 14.2. The molecule has 0 amide bonds. The molecule has 11 heteroatoms. The van der Waals surface area contributed by atoms with Crippen LogP contribution in [0.5, 0.6) is 5.75 Å². The second-order valence-corrected chi connectivity index (χ2v) is 9.53. The molecule has 1 aromatic rings. The Morgan fingerprint density at radius 3 is 1.92 bits per heavy atom. The normalized spacial score (nSPS) is 26.8. The average molecular weight is 530 g/mol. The molecular formula is C25H30F8O3. The third-order valence-electron chi connectivity index (χ3n) is 7.03. The molecule has 2 aliphatic carbocycles. The minimum Gasteiger partial charge on any atom is -0.424 e. The van der Waals surface area contributed by atoms with Gasteiger partial charge in [-0.1, -0.05) is 12.2 Å². The Bertz CT molecular complexity index is 850. The second-order valence-electron chi connectivity index (χ2n) is 9.53. The van der Waals surface area contributed by atoms with E-state index in [-0.39, 0.29) is 17.6 Å². The number of methoxy groups -OCH3 is 1. The molecule has 0 heterocycles. The standard InChI is InChI=1S/C25H30F8O3/c1-34-14-35-19-10-8-18(9-11-19)17-6-4-15(5-7-17)2-3-16-12-20(26)22(21(27)13-16)36-25(32,33)23(28)24(29,30)31/h2-3,12-13,15,17-19,23H,4-11,14H2,1H3/b3-2+. The van der Waals surface area contributed by atoms with E-state index in [1.807, 2.05) is 0 Å². The zero-order chi connectivity index (χ0) is 26.5. The first kappa shape index (κ1) is 28.7. The molecule has 0 spiro atoms. The van der Waals surface area contributed by atoms with Crippen LogP contribution in [-0.2, 0) is 9.47 Å². The van der Waals surface area contributed by atoms with Crippen LogP contribution in [0.25, 0.3) is 6.08 Å². The van der Waals surface area contributed by atoms with E-state index in [0.717, 1.165) is 51.4 Å². The van der Waals surface area contributed by atoms with Crippen molar-refractivity contribution in [2.45, 2.75) is 75.9 Å². The highest BCUT2D eigenvalue weighted by Gasteiger charge is 2.59. The van der Waals surface area contributed by atoms with Gasteiger partial charge in [0.15, 0.2) is 17.4 Å². The zero-order valence-corrected chi connectivity index (χ0v) is 19.8. The summed E-state index contributed by atoms with van der Waals surface area (Å²) in [6, 6.07) is 1.31. The van der Waals surface area contributed by atoms with E-state index in [1.165, 1.54) is 6.08 Å². The van der Waals surface area contributed by atoms with Crippen LogP contribution >= 0.6 is 0 Å². The van der Waals surface area contributed by atoms with Gasteiger partial charge < -0.3 is 14.2 Å².